The van der Waals surface area contributed by atoms with Gasteiger partial charge < -0.3 is 14.6 Å². The van der Waals surface area contributed by atoms with E-state index in [0.717, 1.165) is 19.2 Å². The molecule has 1 fully saturated rings. The molecule has 0 saturated carbocycles. The summed E-state index contributed by atoms with van der Waals surface area (Å²) in [6.07, 6.45) is -3.40. The van der Waals surface area contributed by atoms with E-state index in [9.17, 15) is 19.5 Å². The normalized spacial score (nSPS) is 29.6. The Hall–Kier alpha value is -2.56. The highest BCUT2D eigenvalue weighted by Crippen LogP contribution is 2.47. The number of alkyl halides is 2. The van der Waals surface area contributed by atoms with E-state index in [0.29, 0.717) is 4.57 Å². The lowest BCUT2D eigenvalue weighted by molar-refractivity contribution is -0.207. The molecular formula is C17H15ClF2N2O6. The van der Waals surface area contributed by atoms with Crippen molar-refractivity contribution in [3.8, 4) is 0 Å². The third-order valence-corrected chi connectivity index (χ3v) is 4.53. The number of benzene rings is 1. The highest BCUT2D eigenvalue weighted by Gasteiger charge is 2.65. The lowest BCUT2D eigenvalue weighted by Gasteiger charge is -2.25. The van der Waals surface area contributed by atoms with Crippen LogP contribution in [0.5, 0.6) is 0 Å². The van der Waals surface area contributed by atoms with E-state index in [1.54, 1.807) is 0 Å². The smallest absolute Gasteiger partial charge is 0.338 e. The van der Waals surface area contributed by atoms with Crippen molar-refractivity contribution >= 4 is 17.6 Å². The van der Waals surface area contributed by atoms with Crippen LogP contribution in [0, 0.1) is 0 Å². The van der Waals surface area contributed by atoms with Crippen molar-refractivity contribution in [2.24, 2.45) is 0 Å². The van der Waals surface area contributed by atoms with Gasteiger partial charge in [0.1, 0.15) is 0 Å². The monoisotopic (exact) mass is 416 g/mol. The number of nitrogens with zero attached hydrogens (tertiary/aromatic N) is 1. The summed E-state index contributed by atoms with van der Waals surface area (Å²) in [6, 6.07) is 6.54. The summed E-state index contributed by atoms with van der Waals surface area (Å²) in [5.41, 5.74) is -4.57. The average Bonchev–Trinajstić information content (AvgIpc) is 2.81. The molecular weight excluding hydrogens is 402 g/mol. The van der Waals surface area contributed by atoms with E-state index >= 15 is 8.78 Å². The molecule has 28 heavy (non-hydrogen) atoms. The number of hydrogen-bond donors (Lipinski definition) is 2. The SMILES string of the molecule is C[C@]1(F)[C@H](n2ccc(=O)[nH]c2=O)O[C@](F)(COC(=O)c2cccc(Cl)c2)[C@H]1O. The van der Waals surface area contributed by atoms with Gasteiger partial charge in [-0.3, -0.25) is 14.3 Å². The first-order valence-electron chi connectivity index (χ1n) is 8.02. The van der Waals surface area contributed by atoms with Crippen molar-refractivity contribution in [3.63, 3.8) is 0 Å². The summed E-state index contributed by atoms with van der Waals surface area (Å²) in [4.78, 5) is 36.9. The molecule has 2 N–H and O–H groups in total. The highest BCUT2D eigenvalue weighted by atomic mass is 35.5. The predicted molar refractivity (Wildman–Crippen MR) is 92.5 cm³/mol. The van der Waals surface area contributed by atoms with Gasteiger partial charge in [-0.1, -0.05) is 17.7 Å². The summed E-state index contributed by atoms with van der Waals surface area (Å²) >= 11 is 5.76. The van der Waals surface area contributed by atoms with E-state index in [2.05, 4.69) is 0 Å². The molecule has 4 atom stereocenters. The van der Waals surface area contributed by atoms with Gasteiger partial charge in [-0.15, -0.1) is 0 Å². The van der Waals surface area contributed by atoms with Crippen LogP contribution in [0.25, 0.3) is 0 Å². The molecule has 0 amide bonds. The summed E-state index contributed by atoms with van der Waals surface area (Å²) in [7, 11) is 0. The minimum Gasteiger partial charge on any atom is -0.456 e. The number of H-pyrrole nitrogens is 1. The largest absolute Gasteiger partial charge is 0.456 e. The number of aliphatic hydroxyl groups excluding tert-OH is 1. The minimum absolute atomic E-state index is 0.0139. The first-order valence-corrected chi connectivity index (χ1v) is 8.40. The Bertz CT molecular complexity index is 1020. The second-order valence-corrected chi connectivity index (χ2v) is 6.85. The Kier molecular flexibility index (Phi) is 5.13. The van der Waals surface area contributed by atoms with Gasteiger partial charge in [0.2, 0.25) is 0 Å². The van der Waals surface area contributed by atoms with Crippen molar-refractivity contribution in [3.05, 3.63) is 68.0 Å². The zero-order valence-electron chi connectivity index (χ0n) is 14.4. The molecule has 11 heteroatoms. The number of aromatic nitrogens is 2. The third-order valence-electron chi connectivity index (χ3n) is 4.30. The molecule has 150 valence electrons. The van der Waals surface area contributed by atoms with Crippen LogP contribution in [0.15, 0.2) is 46.1 Å². The predicted octanol–water partition coefficient (Wildman–Crippen LogP) is 1.33. The van der Waals surface area contributed by atoms with E-state index < -0.39 is 47.7 Å². The van der Waals surface area contributed by atoms with Gasteiger partial charge in [0.25, 0.3) is 11.4 Å². The van der Waals surface area contributed by atoms with Crippen molar-refractivity contribution in [1.29, 1.82) is 0 Å². The molecule has 1 aromatic carbocycles. The molecule has 2 heterocycles. The molecule has 1 aliphatic heterocycles. The first-order chi connectivity index (χ1) is 13.0. The molecule has 1 aromatic heterocycles. The maximum Gasteiger partial charge on any atom is 0.338 e. The molecule has 0 radical (unpaired) electrons. The number of ether oxygens (including phenoxy) is 2. The van der Waals surface area contributed by atoms with Gasteiger partial charge in [-0.2, -0.15) is 0 Å². The standard InChI is InChI=1S/C17H15ClF2N2O6/c1-16(19)13(25)17(20,8-27-12(24)9-3-2-4-10(18)7-9)28-14(16)22-6-5-11(23)21-15(22)26/h2-7,13-14,25H,8H2,1H3,(H,21,23,26)/t13-,14+,16+,17+/m0/s1. The fourth-order valence-corrected chi connectivity index (χ4v) is 3.03. The van der Waals surface area contributed by atoms with Gasteiger partial charge >= 0.3 is 11.7 Å². The van der Waals surface area contributed by atoms with Crippen LogP contribution >= 0.6 is 11.6 Å². The van der Waals surface area contributed by atoms with Gasteiger partial charge in [0.05, 0.1) is 5.56 Å². The Labute approximate surface area is 161 Å². The van der Waals surface area contributed by atoms with Crippen molar-refractivity contribution in [2.75, 3.05) is 6.61 Å². The quantitative estimate of drug-likeness (QED) is 0.727. The molecule has 3 rings (SSSR count). The number of aliphatic hydroxyl groups is 1. The summed E-state index contributed by atoms with van der Waals surface area (Å²) in [6.45, 7) is -0.326. The van der Waals surface area contributed by atoms with Crippen LogP contribution in [-0.4, -0.2) is 44.9 Å². The van der Waals surface area contributed by atoms with Crippen molar-refractivity contribution in [2.45, 2.75) is 30.8 Å². The number of carbonyl (C=O) groups excluding carboxylic acids is 1. The summed E-state index contributed by atoms with van der Waals surface area (Å²) in [5.74, 6) is -4.11. The van der Waals surface area contributed by atoms with Gasteiger partial charge in [-0.25, -0.2) is 18.4 Å². The number of aromatic amines is 1. The summed E-state index contributed by atoms with van der Waals surface area (Å²) < 4.78 is 40.4. The summed E-state index contributed by atoms with van der Waals surface area (Å²) in [5, 5.41) is 10.4. The van der Waals surface area contributed by atoms with E-state index in [4.69, 9.17) is 21.1 Å². The fourth-order valence-electron chi connectivity index (χ4n) is 2.84. The number of rotatable bonds is 4. The molecule has 0 unspecified atom stereocenters. The number of carbonyl (C=O) groups is 1. The Morgan fingerprint density at radius 2 is 2.11 bits per heavy atom. The molecule has 2 aromatic rings. The van der Waals surface area contributed by atoms with Gasteiger partial charge in [0.15, 0.2) is 24.6 Å². The van der Waals surface area contributed by atoms with E-state index in [1.807, 2.05) is 4.98 Å². The highest BCUT2D eigenvalue weighted by molar-refractivity contribution is 6.30. The second-order valence-electron chi connectivity index (χ2n) is 6.41. The Morgan fingerprint density at radius 1 is 1.39 bits per heavy atom. The van der Waals surface area contributed by atoms with Crippen LogP contribution in [-0.2, 0) is 9.47 Å². The molecule has 1 aliphatic rings. The molecule has 0 aliphatic carbocycles. The lowest BCUT2D eigenvalue weighted by Crippen LogP contribution is -2.47. The number of esters is 1. The lowest BCUT2D eigenvalue weighted by atomic mass is 9.97. The fraction of sp³-hybridized carbons (Fsp3) is 0.353. The van der Waals surface area contributed by atoms with Crippen LogP contribution in [0.2, 0.25) is 5.02 Å². The van der Waals surface area contributed by atoms with E-state index in [1.165, 1.54) is 24.3 Å². The molecule has 8 nitrogen and oxygen atoms in total. The van der Waals surface area contributed by atoms with Crippen molar-refractivity contribution < 1.29 is 28.2 Å². The number of hydrogen-bond acceptors (Lipinski definition) is 6. The third kappa shape index (κ3) is 3.58. The second kappa shape index (κ2) is 7.12. The van der Waals surface area contributed by atoms with E-state index in [-0.39, 0.29) is 10.6 Å². The molecule has 0 bridgehead atoms. The molecule has 1 saturated heterocycles. The Morgan fingerprint density at radius 3 is 2.75 bits per heavy atom. The molecule has 0 spiro atoms. The van der Waals surface area contributed by atoms with Gasteiger partial charge in [0, 0.05) is 17.3 Å². The topological polar surface area (TPSA) is 111 Å². The zero-order chi connectivity index (χ0) is 20.7. The van der Waals surface area contributed by atoms with Crippen LogP contribution in [0.1, 0.15) is 23.5 Å². The van der Waals surface area contributed by atoms with Crippen molar-refractivity contribution in [1.82, 2.24) is 9.55 Å². The van der Waals surface area contributed by atoms with Crippen LogP contribution < -0.4 is 11.2 Å². The van der Waals surface area contributed by atoms with Crippen LogP contribution in [0.3, 0.4) is 0 Å². The number of nitrogens with one attached hydrogen (secondary N) is 1. The Balaban J connectivity index is 1.82. The first kappa shape index (κ1) is 20.2. The number of halogens is 3. The average molecular weight is 417 g/mol. The maximum atomic E-state index is 15.1. The zero-order valence-corrected chi connectivity index (χ0v) is 15.2. The minimum atomic E-state index is -3.14. The maximum absolute atomic E-state index is 15.1. The van der Waals surface area contributed by atoms with Crippen LogP contribution in [0.4, 0.5) is 8.78 Å². The van der Waals surface area contributed by atoms with Gasteiger partial charge in [-0.05, 0) is 25.1 Å².